The molecule has 0 radical (unpaired) electrons. The van der Waals surface area contributed by atoms with Gasteiger partial charge in [-0.3, -0.25) is 9.89 Å². The predicted molar refractivity (Wildman–Crippen MR) is 54.4 cm³/mol. The number of aromatic nitrogens is 2. The van der Waals surface area contributed by atoms with Crippen molar-refractivity contribution in [1.82, 2.24) is 9.78 Å². The molecule has 0 saturated heterocycles. The Morgan fingerprint density at radius 2 is 2.21 bits per heavy atom. The first-order valence-corrected chi connectivity index (χ1v) is 4.49. The van der Waals surface area contributed by atoms with Gasteiger partial charge in [-0.05, 0) is 12.1 Å². The second kappa shape index (κ2) is 3.67. The van der Waals surface area contributed by atoms with Crippen LogP contribution in [0.1, 0.15) is 0 Å². The van der Waals surface area contributed by atoms with Crippen molar-refractivity contribution in [2.75, 3.05) is 13.7 Å². The van der Waals surface area contributed by atoms with Gasteiger partial charge in [-0.1, -0.05) is 12.1 Å². The number of benzene rings is 1. The van der Waals surface area contributed by atoms with Gasteiger partial charge in [0.05, 0.1) is 24.1 Å². The Hall–Kier alpha value is -1.55. The van der Waals surface area contributed by atoms with E-state index < -0.39 is 0 Å². The van der Waals surface area contributed by atoms with E-state index in [0.717, 1.165) is 10.9 Å². The monoisotopic (exact) mass is 192 g/mol. The number of hydrogen-bond donors (Lipinski definition) is 1. The lowest BCUT2D eigenvalue weighted by molar-refractivity contribution is 0.183. The van der Waals surface area contributed by atoms with Gasteiger partial charge < -0.3 is 4.74 Å². The van der Waals surface area contributed by atoms with Crippen molar-refractivity contribution in [2.45, 2.75) is 6.54 Å². The molecule has 74 valence electrons. The Morgan fingerprint density at radius 1 is 1.43 bits per heavy atom. The smallest absolute Gasteiger partial charge is 0.274 e. The van der Waals surface area contributed by atoms with Crippen molar-refractivity contribution >= 4 is 10.9 Å². The minimum atomic E-state index is 0.0117. The SMILES string of the molecule is COCCn1[nH]c2ccccc2c1=O. The van der Waals surface area contributed by atoms with Crippen molar-refractivity contribution in [3.8, 4) is 0 Å². The molecule has 2 rings (SSSR count). The van der Waals surface area contributed by atoms with E-state index in [-0.39, 0.29) is 5.56 Å². The van der Waals surface area contributed by atoms with E-state index in [9.17, 15) is 4.79 Å². The number of nitrogens with one attached hydrogen (secondary N) is 1. The van der Waals surface area contributed by atoms with Gasteiger partial charge in [0.2, 0.25) is 0 Å². The lowest BCUT2D eigenvalue weighted by Gasteiger charge is -1.98. The third kappa shape index (κ3) is 1.44. The van der Waals surface area contributed by atoms with Crippen molar-refractivity contribution in [2.24, 2.45) is 0 Å². The first kappa shape index (κ1) is 9.02. The van der Waals surface area contributed by atoms with Crippen LogP contribution in [0.15, 0.2) is 29.1 Å². The van der Waals surface area contributed by atoms with E-state index >= 15 is 0 Å². The molecule has 0 aliphatic rings. The molecule has 1 aromatic carbocycles. The largest absolute Gasteiger partial charge is 0.383 e. The molecule has 4 nitrogen and oxygen atoms in total. The summed E-state index contributed by atoms with van der Waals surface area (Å²) in [5.41, 5.74) is 0.881. The van der Waals surface area contributed by atoms with E-state index in [1.54, 1.807) is 11.8 Å². The summed E-state index contributed by atoms with van der Waals surface area (Å²) >= 11 is 0. The summed E-state index contributed by atoms with van der Waals surface area (Å²) in [4.78, 5) is 11.7. The van der Waals surface area contributed by atoms with Crippen LogP contribution in [0.25, 0.3) is 10.9 Å². The van der Waals surface area contributed by atoms with Crippen LogP contribution in [-0.4, -0.2) is 23.5 Å². The fourth-order valence-electron chi connectivity index (χ4n) is 1.45. The van der Waals surface area contributed by atoms with E-state index in [2.05, 4.69) is 5.10 Å². The summed E-state index contributed by atoms with van der Waals surface area (Å²) in [6.45, 7) is 1.09. The van der Waals surface area contributed by atoms with Crippen LogP contribution in [0, 0.1) is 0 Å². The van der Waals surface area contributed by atoms with Crippen molar-refractivity contribution in [1.29, 1.82) is 0 Å². The number of H-pyrrole nitrogens is 1. The Labute approximate surface area is 81.1 Å². The molecule has 14 heavy (non-hydrogen) atoms. The predicted octanol–water partition coefficient (Wildman–Crippen LogP) is 0.976. The van der Waals surface area contributed by atoms with E-state index in [1.165, 1.54) is 0 Å². The highest BCUT2D eigenvalue weighted by atomic mass is 16.5. The molecule has 1 N–H and O–H groups in total. The van der Waals surface area contributed by atoms with Gasteiger partial charge in [0.1, 0.15) is 0 Å². The van der Waals surface area contributed by atoms with E-state index in [0.29, 0.717) is 13.2 Å². The molecular weight excluding hydrogens is 180 g/mol. The molecule has 0 unspecified atom stereocenters. The van der Waals surface area contributed by atoms with Gasteiger partial charge in [0, 0.05) is 7.11 Å². The highest BCUT2D eigenvalue weighted by molar-refractivity contribution is 5.77. The average molecular weight is 192 g/mol. The highest BCUT2D eigenvalue weighted by Crippen LogP contribution is 2.05. The molecule has 0 bridgehead atoms. The Morgan fingerprint density at radius 3 is 2.93 bits per heavy atom. The molecule has 0 spiro atoms. The van der Waals surface area contributed by atoms with Crippen molar-refractivity contribution in [3.63, 3.8) is 0 Å². The second-order valence-corrected chi connectivity index (χ2v) is 3.11. The zero-order valence-electron chi connectivity index (χ0n) is 7.99. The van der Waals surface area contributed by atoms with Crippen LogP contribution in [0.2, 0.25) is 0 Å². The summed E-state index contributed by atoms with van der Waals surface area (Å²) < 4.78 is 6.48. The van der Waals surface area contributed by atoms with Gasteiger partial charge in [-0.25, -0.2) is 4.68 Å². The van der Waals surface area contributed by atoms with Gasteiger partial charge in [0.15, 0.2) is 0 Å². The molecule has 0 saturated carbocycles. The summed E-state index contributed by atoms with van der Waals surface area (Å²) in [7, 11) is 1.62. The normalized spacial score (nSPS) is 10.9. The number of methoxy groups -OCH3 is 1. The quantitative estimate of drug-likeness (QED) is 0.787. The third-order valence-electron chi connectivity index (χ3n) is 2.18. The zero-order valence-corrected chi connectivity index (χ0v) is 7.99. The standard InChI is InChI=1S/C10H12N2O2/c1-14-7-6-12-10(13)8-4-2-3-5-9(8)11-12/h2-5,11H,6-7H2,1H3. The lowest BCUT2D eigenvalue weighted by atomic mass is 10.3. The molecule has 0 amide bonds. The third-order valence-corrected chi connectivity index (χ3v) is 2.18. The maximum atomic E-state index is 11.7. The minimum absolute atomic E-state index is 0.0117. The average Bonchev–Trinajstić information content (AvgIpc) is 2.54. The van der Waals surface area contributed by atoms with Gasteiger partial charge in [-0.15, -0.1) is 0 Å². The van der Waals surface area contributed by atoms with Crippen molar-refractivity contribution in [3.05, 3.63) is 34.6 Å². The molecule has 1 aromatic heterocycles. The summed E-state index contributed by atoms with van der Waals surface area (Å²) in [6, 6.07) is 7.47. The number of nitrogens with zero attached hydrogens (tertiary/aromatic N) is 1. The molecule has 0 fully saturated rings. The first-order valence-electron chi connectivity index (χ1n) is 4.49. The van der Waals surface area contributed by atoms with Gasteiger partial charge >= 0.3 is 0 Å². The number of fused-ring (bicyclic) bond motifs is 1. The van der Waals surface area contributed by atoms with Crippen molar-refractivity contribution < 1.29 is 4.74 Å². The first-order chi connectivity index (χ1) is 6.83. The van der Waals surface area contributed by atoms with E-state index in [4.69, 9.17) is 4.74 Å². The molecule has 4 heteroatoms. The Bertz CT molecular complexity index is 484. The summed E-state index contributed by atoms with van der Waals surface area (Å²) in [6.07, 6.45) is 0. The van der Waals surface area contributed by atoms with Crippen LogP contribution in [0.4, 0.5) is 0 Å². The molecular formula is C10H12N2O2. The molecule has 0 atom stereocenters. The second-order valence-electron chi connectivity index (χ2n) is 3.11. The molecule has 2 aromatic rings. The minimum Gasteiger partial charge on any atom is -0.383 e. The lowest BCUT2D eigenvalue weighted by Crippen LogP contribution is -2.18. The zero-order chi connectivity index (χ0) is 9.97. The number of ether oxygens (including phenoxy) is 1. The fourth-order valence-corrected chi connectivity index (χ4v) is 1.45. The number of aromatic amines is 1. The van der Waals surface area contributed by atoms with Crippen LogP contribution in [-0.2, 0) is 11.3 Å². The molecule has 0 aliphatic carbocycles. The van der Waals surface area contributed by atoms with Gasteiger partial charge in [-0.2, -0.15) is 0 Å². The topological polar surface area (TPSA) is 47.0 Å². The van der Waals surface area contributed by atoms with Crippen LogP contribution in [0.3, 0.4) is 0 Å². The fraction of sp³-hybridized carbons (Fsp3) is 0.300. The molecule has 1 heterocycles. The Balaban J connectivity index is 2.47. The number of hydrogen-bond acceptors (Lipinski definition) is 2. The van der Waals surface area contributed by atoms with Crippen LogP contribution < -0.4 is 5.56 Å². The number of rotatable bonds is 3. The highest BCUT2D eigenvalue weighted by Gasteiger charge is 2.03. The van der Waals surface area contributed by atoms with Gasteiger partial charge in [0.25, 0.3) is 5.56 Å². The summed E-state index contributed by atoms with van der Waals surface area (Å²) in [5.74, 6) is 0. The number of para-hydroxylation sites is 1. The molecule has 0 aliphatic heterocycles. The maximum Gasteiger partial charge on any atom is 0.274 e. The Kier molecular flexibility index (Phi) is 2.37. The van der Waals surface area contributed by atoms with E-state index in [1.807, 2.05) is 24.3 Å². The van der Waals surface area contributed by atoms with Crippen LogP contribution in [0.5, 0.6) is 0 Å². The maximum absolute atomic E-state index is 11.7. The van der Waals surface area contributed by atoms with Crippen LogP contribution >= 0.6 is 0 Å². The summed E-state index contributed by atoms with van der Waals surface area (Å²) in [5, 5.41) is 3.75.